The van der Waals surface area contributed by atoms with Crippen molar-refractivity contribution in [2.24, 2.45) is 0 Å². The zero-order valence-corrected chi connectivity index (χ0v) is 14.3. The van der Waals surface area contributed by atoms with Crippen LogP contribution in [0.5, 0.6) is 5.75 Å². The zero-order chi connectivity index (χ0) is 15.9. The van der Waals surface area contributed by atoms with Gasteiger partial charge in [-0.25, -0.2) is 0 Å². The van der Waals surface area contributed by atoms with Crippen LogP contribution in [0.15, 0.2) is 24.3 Å². The van der Waals surface area contributed by atoms with Crippen molar-refractivity contribution in [3.8, 4) is 5.75 Å². The minimum absolute atomic E-state index is 0. The number of piperidine rings is 1. The molecular formula is C16H25ClN2O4. The number of carbonyl (C=O) groups excluding carboxylic acids is 1. The van der Waals surface area contributed by atoms with E-state index in [1.807, 2.05) is 12.1 Å². The second-order valence-electron chi connectivity index (χ2n) is 5.33. The predicted octanol–water partition coefficient (Wildman–Crippen LogP) is 0.928. The fourth-order valence-electron chi connectivity index (χ4n) is 2.79. The first-order valence-corrected chi connectivity index (χ1v) is 7.98. The average molecular weight is 345 g/mol. The third kappa shape index (κ3) is 5.07. The van der Waals surface area contributed by atoms with E-state index in [-0.39, 0.29) is 23.5 Å². The highest BCUT2D eigenvalue weighted by molar-refractivity contribution is 6.18. The van der Waals surface area contributed by atoms with Crippen molar-refractivity contribution in [2.45, 2.75) is 18.6 Å². The molecular weight excluding hydrogens is 320 g/mol. The molecule has 1 heterocycles. The molecule has 6 nitrogen and oxygen atoms in total. The topological polar surface area (TPSA) is 82.3 Å². The SMILES string of the molecule is COc1ccccc1C(=O)NC1CCN(CCCl)CC1OC.O. The second kappa shape index (κ2) is 9.72. The number of amides is 1. The van der Waals surface area contributed by atoms with Crippen LogP contribution in [0, 0.1) is 0 Å². The molecule has 1 amide bonds. The van der Waals surface area contributed by atoms with Gasteiger partial charge in [0, 0.05) is 32.6 Å². The minimum Gasteiger partial charge on any atom is -0.496 e. The zero-order valence-electron chi connectivity index (χ0n) is 13.5. The standard InChI is InChI=1S/C16H23ClN2O3.H2O/c1-21-14-6-4-3-5-12(14)16(20)18-13-7-9-19(10-8-17)11-15(13)22-2;/h3-6,13,15H,7-11H2,1-2H3,(H,18,20);1H2. The van der Waals surface area contributed by atoms with E-state index in [9.17, 15) is 4.79 Å². The van der Waals surface area contributed by atoms with E-state index in [1.54, 1.807) is 26.4 Å². The lowest BCUT2D eigenvalue weighted by molar-refractivity contribution is 0.00825. The molecule has 1 aromatic carbocycles. The summed E-state index contributed by atoms with van der Waals surface area (Å²) in [6.45, 7) is 2.53. The summed E-state index contributed by atoms with van der Waals surface area (Å²) >= 11 is 5.79. The summed E-state index contributed by atoms with van der Waals surface area (Å²) in [6.07, 6.45) is 0.812. The molecule has 0 saturated carbocycles. The molecule has 1 saturated heterocycles. The van der Waals surface area contributed by atoms with E-state index in [2.05, 4.69) is 10.2 Å². The summed E-state index contributed by atoms with van der Waals surface area (Å²) in [4.78, 5) is 14.7. The number of hydrogen-bond donors (Lipinski definition) is 1. The monoisotopic (exact) mass is 344 g/mol. The van der Waals surface area contributed by atoms with Crippen LogP contribution < -0.4 is 10.1 Å². The van der Waals surface area contributed by atoms with Gasteiger partial charge in [0.2, 0.25) is 0 Å². The molecule has 130 valence electrons. The molecule has 2 atom stereocenters. The minimum atomic E-state index is -0.129. The van der Waals surface area contributed by atoms with E-state index < -0.39 is 0 Å². The highest BCUT2D eigenvalue weighted by atomic mass is 35.5. The summed E-state index contributed by atoms with van der Waals surface area (Å²) in [5, 5.41) is 3.07. The van der Waals surface area contributed by atoms with Crippen molar-refractivity contribution in [3.05, 3.63) is 29.8 Å². The Kier molecular flexibility index (Phi) is 8.33. The lowest BCUT2D eigenvalue weighted by Crippen LogP contribution is -2.55. The molecule has 2 rings (SSSR count). The Hall–Kier alpha value is -1.34. The Labute approximate surface area is 142 Å². The fourth-order valence-corrected chi connectivity index (χ4v) is 3.02. The number of rotatable bonds is 6. The molecule has 0 bridgehead atoms. The number of para-hydroxylation sites is 1. The average Bonchev–Trinajstić information content (AvgIpc) is 2.56. The molecule has 3 N–H and O–H groups in total. The van der Waals surface area contributed by atoms with E-state index in [0.29, 0.717) is 17.2 Å². The fraction of sp³-hybridized carbons (Fsp3) is 0.562. The molecule has 0 spiro atoms. The summed E-state index contributed by atoms with van der Waals surface area (Å²) in [7, 11) is 3.24. The van der Waals surface area contributed by atoms with Crippen molar-refractivity contribution in [1.82, 2.24) is 10.2 Å². The molecule has 2 unspecified atom stereocenters. The molecule has 1 aromatic rings. The first-order valence-electron chi connectivity index (χ1n) is 7.44. The Morgan fingerprint density at radius 1 is 1.39 bits per heavy atom. The van der Waals surface area contributed by atoms with Crippen LogP contribution in [0.3, 0.4) is 0 Å². The highest BCUT2D eigenvalue weighted by Gasteiger charge is 2.30. The van der Waals surface area contributed by atoms with Gasteiger partial charge in [-0.05, 0) is 18.6 Å². The number of ether oxygens (including phenoxy) is 2. The first-order chi connectivity index (χ1) is 10.7. The molecule has 23 heavy (non-hydrogen) atoms. The van der Waals surface area contributed by atoms with Gasteiger partial charge < -0.3 is 20.3 Å². The Morgan fingerprint density at radius 2 is 2.13 bits per heavy atom. The predicted molar refractivity (Wildman–Crippen MR) is 90.4 cm³/mol. The van der Waals surface area contributed by atoms with Gasteiger partial charge in [-0.2, -0.15) is 0 Å². The van der Waals surface area contributed by atoms with Crippen LogP contribution in [0.1, 0.15) is 16.8 Å². The number of methoxy groups -OCH3 is 2. The molecule has 0 aromatic heterocycles. The number of carbonyl (C=O) groups is 1. The van der Waals surface area contributed by atoms with E-state index >= 15 is 0 Å². The third-order valence-electron chi connectivity index (χ3n) is 4.01. The molecule has 1 aliphatic rings. The Balaban J connectivity index is 0.00000264. The van der Waals surface area contributed by atoms with Crippen molar-refractivity contribution >= 4 is 17.5 Å². The third-order valence-corrected chi connectivity index (χ3v) is 4.18. The quantitative estimate of drug-likeness (QED) is 0.778. The van der Waals surface area contributed by atoms with Gasteiger partial charge >= 0.3 is 0 Å². The van der Waals surface area contributed by atoms with Gasteiger partial charge in [0.1, 0.15) is 5.75 Å². The highest BCUT2D eigenvalue weighted by Crippen LogP contribution is 2.19. The molecule has 0 radical (unpaired) electrons. The van der Waals surface area contributed by atoms with Crippen molar-refractivity contribution in [3.63, 3.8) is 0 Å². The number of halogens is 1. The Bertz CT molecular complexity index is 501. The van der Waals surface area contributed by atoms with Crippen LogP contribution in [-0.4, -0.2) is 68.2 Å². The van der Waals surface area contributed by atoms with E-state index in [0.717, 1.165) is 26.1 Å². The van der Waals surface area contributed by atoms with Gasteiger partial charge in [0.05, 0.1) is 24.8 Å². The summed E-state index contributed by atoms with van der Waals surface area (Å²) < 4.78 is 10.8. The normalized spacial score (nSPS) is 21.3. The van der Waals surface area contributed by atoms with Crippen LogP contribution in [-0.2, 0) is 4.74 Å². The van der Waals surface area contributed by atoms with E-state index in [4.69, 9.17) is 21.1 Å². The largest absolute Gasteiger partial charge is 0.496 e. The lowest BCUT2D eigenvalue weighted by Gasteiger charge is -2.37. The molecule has 1 fully saturated rings. The number of benzene rings is 1. The second-order valence-corrected chi connectivity index (χ2v) is 5.71. The molecule has 1 aliphatic heterocycles. The molecule has 0 aliphatic carbocycles. The summed E-state index contributed by atoms with van der Waals surface area (Å²) in [6, 6.07) is 7.21. The lowest BCUT2D eigenvalue weighted by atomic mass is 10.0. The van der Waals surface area contributed by atoms with Crippen LogP contribution >= 0.6 is 11.6 Å². The maximum Gasteiger partial charge on any atom is 0.255 e. The molecule has 7 heteroatoms. The van der Waals surface area contributed by atoms with Crippen molar-refractivity contribution < 1.29 is 19.7 Å². The number of nitrogens with zero attached hydrogens (tertiary/aromatic N) is 1. The van der Waals surface area contributed by atoms with Gasteiger partial charge in [0.15, 0.2) is 0 Å². The van der Waals surface area contributed by atoms with E-state index in [1.165, 1.54) is 0 Å². The maximum absolute atomic E-state index is 12.5. The maximum atomic E-state index is 12.5. The van der Waals surface area contributed by atoms with Crippen LogP contribution in [0.4, 0.5) is 0 Å². The summed E-state index contributed by atoms with van der Waals surface area (Å²) in [5.41, 5.74) is 0.544. The van der Waals surface area contributed by atoms with Gasteiger partial charge in [-0.15, -0.1) is 11.6 Å². The van der Waals surface area contributed by atoms with Gasteiger partial charge in [0.25, 0.3) is 5.91 Å². The first kappa shape index (κ1) is 19.7. The van der Waals surface area contributed by atoms with Crippen LogP contribution in [0.2, 0.25) is 0 Å². The number of nitrogens with one attached hydrogen (secondary N) is 1. The van der Waals surface area contributed by atoms with Crippen molar-refractivity contribution in [1.29, 1.82) is 0 Å². The van der Waals surface area contributed by atoms with Crippen molar-refractivity contribution in [2.75, 3.05) is 39.7 Å². The van der Waals surface area contributed by atoms with Gasteiger partial charge in [-0.3, -0.25) is 9.69 Å². The number of hydrogen-bond acceptors (Lipinski definition) is 4. The van der Waals surface area contributed by atoms with Gasteiger partial charge in [-0.1, -0.05) is 12.1 Å². The van der Waals surface area contributed by atoms with Crippen LogP contribution in [0.25, 0.3) is 0 Å². The summed E-state index contributed by atoms with van der Waals surface area (Å²) in [5.74, 6) is 1.05. The smallest absolute Gasteiger partial charge is 0.255 e. The Morgan fingerprint density at radius 3 is 2.78 bits per heavy atom. The number of alkyl halides is 1. The number of likely N-dealkylation sites (tertiary alicyclic amines) is 1.